The molecular formula is C16H24N2O. The Kier molecular flexibility index (Phi) is 3.76. The largest absolute Gasteiger partial charge is 0.496 e. The second kappa shape index (κ2) is 5.51. The number of ether oxygens (including phenoxy) is 1. The van der Waals surface area contributed by atoms with Crippen molar-refractivity contribution in [3.63, 3.8) is 0 Å². The van der Waals surface area contributed by atoms with E-state index in [0.29, 0.717) is 6.04 Å². The molecule has 1 saturated heterocycles. The fourth-order valence-electron chi connectivity index (χ4n) is 3.35. The standard InChI is InChI=1S/C16H24N2O/c1-19-15-8-3-2-6-13(15)16-14(17)7-4-5-11-18(16)12-9-10-12/h2-3,6,8,12,14,16H,4-5,7,9-11,17H2,1H3. The molecule has 2 fully saturated rings. The van der Waals surface area contributed by atoms with Crippen LogP contribution < -0.4 is 10.5 Å². The molecule has 1 saturated carbocycles. The minimum Gasteiger partial charge on any atom is -0.496 e. The van der Waals surface area contributed by atoms with Gasteiger partial charge in [0, 0.05) is 17.6 Å². The molecule has 3 nitrogen and oxygen atoms in total. The van der Waals surface area contributed by atoms with Gasteiger partial charge >= 0.3 is 0 Å². The van der Waals surface area contributed by atoms with Crippen LogP contribution >= 0.6 is 0 Å². The highest BCUT2D eigenvalue weighted by atomic mass is 16.5. The van der Waals surface area contributed by atoms with E-state index in [-0.39, 0.29) is 6.04 Å². The van der Waals surface area contributed by atoms with Crippen LogP contribution in [0, 0.1) is 0 Å². The Morgan fingerprint density at radius 3 is 2.68 bits per heavy atom. The topological polar surface area (TPSA) is 38.5 Å². The van der Waals surface area contributed by atoms with Crippen LogP contribution in [-0.4, -0.2) is 30.6 Å². The van der Waals surface area contributed by atoms with Crippen molar-refractivity contribution in [2.45, 2.75) is 50.2 Å². The Labute approximate surface area is 115 Å². The predicted octanol–water partition coefficient (Wildman–Crippen LogP) is 2.71. The lowest BCUT2D eigenvalue weighted by Crippen LogP contribution is -2.41. The van der Waals surface area contributed by atoms with Crippen LogP contribution in [0.2, 0.25) is 0 Å². The van der Waals surface area contributed by atoms with E-state index >= 15 is 0 Å². The van der Waals surface area contributed by atoms with Crippen LogP contribution in [0.1, 0.15) is 43.7 Å². The summed E-state index contributed by atoms with van der Waals surface area (Å²) in [6.45, 7) is 1.18. The maximum Gasteiger partial charge on any atom is 0.123 e. The molecule has 3 heteroatoms. The number of likely N-dealkylation sites (tertiary alicyclic amines) is 1. The van der Waals surface area contributed by atoms with Gasteiger partial charge in [0.1, 0.15) is 5.75 Å². The van der Waals surface area contributed by atoms with Gasteiger partial charge < -0.3 is 10.5 Å². The molecular weight excluding hydrogens is 236 g/mol. The van der Waals surface area contributed by atoms with E-state index in [0.717, 1.165) is 18.2 Å². The van der Waals surface area contributed by atoms with Gasteiger partial charge in [0.15, 0.2) is 0 Å². The molecule has 0 amide bonds. The SMILES string of the molecule is COc1ccccc1C1C(N)CCCCN1C1CC1. The van der Waals surface area contributed by atoms with E-state index in [4.69, 9.17) is 10.5 Å². The van der Waals surface area contributed by atoms with E-state index < -0.39 is 0 Å². The number of nitrogens with two attached hydrogens (primary N) is 1. The van der Waals surface area contributed by atoms with Crippen molar-refractivity contribution in [3.05, 3.63) is 29.8 Å². The Morgan fingerprint density at radius 1 is 1.16 bits per heavy atom. The van der Waals surface area contributed by atoms with Gasteiger partial charge in [-0.05, 0) is 38.3 Å². The number of hydrogen-bond donors (Lipinski definition) is 1. The highest BCUT2D eigenvalue weighted by Gasteiger charge is 2.39. The predicted molar refractivity (Wildman–Crippen MR) is 77.3 cm³/mol. The first-order valence-corrected chi connectivity index (χ1v) is 7.45. The first-order valence-electron chi connectivity index (χ1n) is 7.45. The van der Waals surface area contributed by atoms with Crippen LogP contribution in [0.25, 0.3) is 0 Å². The van der Waals surface area contributed by atoms with Gasteiger partial charge in [0.2, 0.25) is 0 Å². The van der Waals surface area contributed by atoms with Gasteiger partial charge in [-0.2, -0.15) is 0 Å². The van der Waals surface area contributed by atoms with Gasteiger partial charge in [-0.1, -0.05) is 24.6 Å². The van der Waals surface area contributed by atoms with E-state index in [1.54, 1.807) is 7.11 Å². The fourth-order valence-corrected chi connectivity index (χ4v) is 3.35. The lowest BCUT2D eigenvalue weighted by molar-refractivity contribution is 0.172. The highest BCUT2D eigenvalue weighted by molar-refractivity contribution is 5.37. The first kappa shape index (κ1) is 12.9. The maximum absolute atomic E-state index is 6.49. The van der Waals surface area contributed by atoms with Gasteiger partial charge in [-0.3, -0.25) is 4.90 Å². The van der Waals surface area contributed by atoms with E-state index in [1.807, 2.05) is 6.07 Å². The number of benzene rings is 1. The zero-order chi connectivity index (χ0) is 13.2. The molecule has 0 radical (unpaired) electrons. The average Bonchev–Trinajstić information content (AvgIpc) is 3.26. The van der Waals surface area contributed by atoms with Crippen molar-refractivity contribution in [1.29, 1.82) is 0 Å². The Hall–Kier alpha value is -1.06. The van der Waals surface area contributed by atoms with Gasteiger partial charge in [-0.15, -0.1) is 0 Å². The van der Waals surface area contributed by atoms with Crippen molar-refractivity contribution in [3.8, 4) is 5.75 Å². The summed E-state index contributed by atoms with van der Waals surface area (Å²) in [6.07, 6.45) is 6.30. The summed E-state index contributed by atoms with van der Waals surface area (Å²) in [7, 11) is 1.75. The summed E-state index contributed by atoms with van der Waals surface area (Å²) < 4.78 is 5.55. The monoisotopic (exact) mass is 260 g/mol. The molecule has 2 aliphatic rings. The van der Waals surface area contributed by atoms with E-state index in [2.05, 4.69) is 23.1 Å². The van der Waals surface area contributed by atoms with Crippen molar-refractivity contribution < 1.29 is 4.74 Å². The summed E-state index contributed by atoms with van der Waals surface area (Å²) in [6, 6.07) is 9.67. The smallest absolute Gasteiger partial charge is 0.123 e. The average molecular weight is 260 g/mol. The third-order valence-electron chi connectivity index (χ3n) is 4.44. The molecule has 2 unspecified atom stereocenters. The number of para-hydroxylation sites is 1. The number of nitrogens with zero attached hydrogens (tertiary/aromatic N) is 1. The second-order valence-electron chi connectivity index (χ2n) is 5.82. The number of methoxy groups -OCH3 is 1. The van der Waals surface area contributed by atoms with Crippen LogP contribution in [-0.2, 0) is 0 Å². The van der Waals surface area contributed by atoms with Crippen LogP contribution in [0.3, 0.4) is 0 Å². The molecule has 1 heterocycles. The van der Waals surface area contributed by atoms with Crippen molar-refractivity contribution in [2.75, 3.05) is 13.7 Å². The summed E-state index contributed by atoms with van der Waals surface area (Å²) >= 11 is 0. The second-order valence-corrected chi connectivity index (χ2v) is 5.82. The molecule has 0 aromatic heterocycles. The molecule has 0 bridgehead atoms. The summed E-state index contributed by atoms with van der Waals surface area (Å²) in [5.74, 6) is 0.982. The van der Waals surface area contributed by atoms with Crippen molar-refractivity contribution >= 4 is 0 Å². The fraction of sp³-hybridized carbons (Fsp3) is 0.625. The van der Waals surface area contributed by atoms with Gasteiger partial charge in [-0.25, -0.2) is 0 Å². The minimum atomic E-state index is 0.222. The molecule has 19 heavy (non-hydrogen) atoms. The Morgan fingerprint density at radius 2 is 1.95 bits per heavy atom. The van der Waals surface area contributed by atoms with Crippen molar-refractivity contribution in [1.82, 2.24) is 4.90 Å². The number of hydrogen-bond acceptors (Lipinski definition) is 3. The maximum atomic E-state index is 6.49. The molecule has 0 spiro atoms. The third kappa shape index (κ3) is 2.63. The molecule has 1 aliphatic carbocycles. The van der Waals surface area contributed by atoms with E-state index in [1.165, 1.54) is 37.8 Å². The summed E-state index contributed by atoms with van der Waals surface area (Å²) in [5, 5.41) is 0. The van der Waals surface area contributed by atoms with Gasteiger partial charge in [0.05, 0.1) is 13.2 Å². The zero-order valence-electron chi connectivity index (χ0n) is 11.7. The van der Waals surface area contributed by atoms with E-state index in [9.17, 15) is 0 Å². The molecule has 1 aromatic carbocycles. The van der Waals surface area contributed by atoms with Crippen LogP contribution in [0.15, 0.2) is 24.3 Å². The minimum absolute atomic E-state index is 0.222. The molecule has 104 valence electrons. The molecule has 2 N–H and O–H groups in total. The quantitative estimate of drug-likeness (QED) is 0.908. The third-order valence-corrected chi connectivity index (χ3v) is 4.44. The summed E-state index contributed by atoms with van der Waals surface area (Å²) in [5.41, 5.74) is 7.76. The highest BCUT2D eigenvalue weighted by Crippen LogP contribution is 2.41. The zero-order valence-corrected chi connectivity index (χ0v) is 11.7. The normalized spacial score (nSPS) is 28.9. The Bertz CT molecular complexity index is 431. The number of rotatable bonds is 3. The van der Waals surface area contributed by atoms with Crippen molar-refractivity contribution in [2.24, 2.45) is 5.73 Å². The molecule has 1 aliphatic heterocycles. The van der Waals surface area contributed by atoms with Crippen LogP contribution in [0.4, 0.5) is 0 Å². The first-order chi connectivity index (χ1) is 9.31. The molecule has 1 aromatic rings. The lowest BCUT2D eigenvalue weighted by Gasteiger charge is -2.34. The van der Waals surface area contributed by atoms with Gasteiger partial charge in [0.25, 0.3) is 0 Å². The molecule has 2 atom stereocenters. The van der Waals surface area contributed by atoms with Crippen LogP contribution in [0.5, 0.6) is 5.75 Å². The summed E-state index contributed by atoms with van der Waals surface area (Å²) in [4.78, 5) is 2.63. The lowest BCUT2D eigenvalue weighted by atomic mass is 9.95. The molecule has 3 rings (SSSR count). The Balaban J connectivity index is 1.96.